The van der Waals surface area contributed by atoms with Crippen molar-refractivity contribution >= 4 is 0 Å². The van der Waals surface area contributed by atoms with Crippen LogP contribution in [0.4, 0.5) is 0 Å². The number of hydrogen-bond donors (Lipinski definition) is 2. The lowest BCUT2D eigenvalue weighted by Gasteiger charge is -2.53. The number of aliphatic hydroxyl groups excluding tert-OH is 2. The molecule has 0 unspecified atom stereocenters. The first-order valence-electron chi connectivity index (χ1n) is 7.47. The van der Waals surface area contributed by atoms with Crippen molar-refractivity contribution in [2.24, 2.45) is 17.3 Å². The molecular formula is C16H24O2. The van der Waals surface area contributed by atoms with E-state index in [-0.39, 0.29) is 5.41 Å². The Bertz CT molecular complexity index is 371. The first-order chi connectivity index (χ1) is 8.76. The van der Waals surface area contributed by atoms with Gasteiger partial charge in [-0.05, 0) is 55.1 Å². The molecule has 0 aliphatic heterocycles. The highest BCUT2D eigenvalue weighted by Gasteiger charge is 2.49. The van der Waals surface area contributed by atoms with Gasteiger partial charge in [0.2, 0.25) is 0 Å². The molecule has 2 fully saturated rings. The van der Waals surface area contributed by atoms with Gasteiger partial charge in [-0.1, -0.05) is 31.3 Å². The van der Waals surface area contributed by atoms with Crippen LogP contribution in [0.5, 0.6) is 0 Å². The zero-order chi connectivity index (χ0) is 12.6. The summed E-state index contributed by atoms with van der Waals surface area (Å²) in [5.41, 5.74) is 1.63. The summed E-state index contributed by atoms with van der Waals surface area (Å²) in [6.45, 7) is 0.326. The van der Waals surface area contributed by atoms with E-state index in [2.05, 4.69) is 0 Å². The van der Waals surface area contributed by atoms with Gasteiger partial charge in [-0.2, -0.15) is 0 Å². The molecule has 0 heterocycles. The van der Waals surface area contributed by atoms with Gasteiger partial charge in [0, 0.05) is 6.61 Å². The fourth-order valence-corrected chi connectivity index (χ4v) is 4.81. The SMILES string of the molecule is OC[C@H]1[C@H]2CCC[C@]1(C1=CC(O)=CCC1)CCC2. The molecule has 2 nitrogen and oxygen atoms in total. The van der Waals surface area contributed by atoms with Crippen LogP contribution in [-0.2, 0) is 0 Å². The van der Waals surface area contributed by atoms with Crippen LogP contribution >= 0.6 is 0 Å². The lowest BCUT2D eigenvalue weighted by Crippen LogP contribution is -2.46. The fourth-order valence-electron chi connectivity index (χ4n) is 4.81. The Hall–Kier alpha value is -0.760. The molecule has 0 amide bonds. The van der Waals surface area contributed by atoms with Crippen LogP contribution in [0.25, 0.3) is 0 Å². The van der Waals surface area contributed by atoms with Crippen LogP contribution in [0.2, 0.25) is 0 Å². The second kappa shape index (κ2) is 4.73. The molecular weight excluding hydrogens is 224 g/mol. The number of allylic oxidation sites excluding steroid dienone is 3. The van der Waals surface area contributed by atoms with E-state index in [4.69, 9.17) is 0 Å². The van der Waals surface area contributed by atoms with Crippen molar-refractivity contribution in [2.75, 3.05) is 6.61 Å². The Morgan fingerprint density at radius 3 is 2.56 bits per heavy atom. The number of fused-ring (bicyclic) bond motifs is 2. The zero-order valence-corrected chi connectivity index (χ0v) is 11.1. The van der Waals surface area contributed by atoms with Crippen LogP contribution in [0.1, 0.15) is 51.4 Å². The number of hydrogen-bond acceptors (Lipinski definition) is 2. The van der Waals surface area contributed by atoms with Crippen LogP contribution in [0.3, 0.4) is 0 Å². The van der Waals surface area contributed by atoms with Gasteiger partial charge >= 0.3 is 0 Å². The maximum absolute atomic E-state index is 9.85. The van der Waals surface area contributed by atoms with Gasteiger partial charge < -0.3 is 10.2 Å². The van der Waals surface area contributed by atoms with Crippen molar-refractivity contribution in [3.8, 4) is 0 Å². The predicted molar refractivity (Wildman–Crippen MR) is 72.2 cm³/mol. The molecule has 3 aliphatic rings. The maximum Gasteiger partial charge on any atom is 0.111 e. The van der Waals surface area contributed by atoms with E-state index < -0.39 is 0 Å². The summed E-state index contributed by atoms with van der Waals surface area (Å²) in [6.07, 6.45) is 13.6. The predicted octanol–water partition coefficient (Wildman–Crippen LogP) is 3.73. The van der Waals surface area contributed by atoms with Crippen LogP contribution in [0, 0.1) is 17.3 Å². The first-order valence-corrected chi connectivity index (χ1v) is 7.47. The molecule has 2 heteroatoms. The van der Waals surface area contributed by atoms with Crippen LogP contribution < -0.4 is 0 Å². The molecule has 0 saturated heterocycles. The maximum atomic E-state index is 9.85. The van der Waals surface area contributed by atoms with E-state index >= 15 is 0 Å². The second-order valence-corrected chi connectivity index (χ2v) is 6.33. The summed E-state index contributed by atoms with van der Waals surface area (Å²) in [7, 11) is 0. The molecule has 0 aromatic rings. The smallest absolute Gasteiger partial charge is 0.111 e. The molecule has 3 aliphatic carbocycles. The third-order valence-electron chi connectivity index (χ3n) is 5.60. The fraction of sp³-hybridized carbons (Fsp3) is 0.750. The Balaban J connectivity index is 1.97. The molecule has 18 heavy (non-hydrogen) atoms. The third kappa shape index (κ3) is 1.82. The minimum atomic E-state index is 0.207. The summed E-state index contributed by atoms with van der Waals surface area (Å²) in [5, 5.41) is 19.6. The molecule has 0 spiro atoms. The lowest BCUT2D eigenvalue weighted by atomic mass is 9.52. The minimum absolute atomic E-state index is 0.207. The molecule has 1 atom stereocenters. The van der Waals surface area contributed by atoms with Gasteiger partial charge in [-0.3, -0.25) is 0 Å². The Morgan fingerprint density at radius 1 is 1.22 bits per heavy atom. The molecule has 0 aromatic carbocycles. The average molecular weight is 248 g/mol. The molecule has 2 saturated carbocycles. The monoisotopic (exact) mass is 248 g/mol. The summed E-state index contributed by atoms with van der Waals surface area (Å²) in [6, 6.07) is 0. The molecule has 0 aromatic heterocycles. The summed E-state index contributed by atoms with van der Waals surface area (Å²) in [5.74, 6) is 1.60. The van der Waals surface area contributed by atoms with Crippen molar-refractivity contribution in [2.45, 2.75) is 51.4 Å². The Kier molecular flexibility index (Phi) is 3.23. The third-order valence-corrected chi connectivity index (χ3v) is 5.60. The number of aliphatic hydroxyl groups is 2. The standard InChI is InChI=1S/C16H24O2/c17-11-15-12-4-2-8-16(15,9-3-5-12)13-6-1-7-14(18)10-13/h7,10,12,15,17-18H,1-6,8-9,11H2/t12-,15-,16+/m0/s1. The molecule has 100 valence electrons. The lowest BCUT2D eigenvalue weighted by molar-refractivity contribution is -0.0166. The first kappa shape index (κ1) is 12.3. The molecule has 2 N–H and O–H groups in total. The summed E-state index contributed by atoms with van der Waals surface area (Å²) in [4.78, 5) is 0. The van der Waals surface area contributed by atoms with Gasteiger partial charge in [0.25, 0.3) is 0 Å². The average Bonchev–Trinajstić information content (AvgIpc) is 2.37. The second-order valence-electron chi connectivity index (χ2n) is 6.33. The normalized spacial score (nSPS) is 40.1. The highest BCUT2D eigenvalue weighted by Crippen LogP contribution is 2.58. The Morgan fingerprint density at radius 2 is 1.94 bits per heavy atom. The van der Waals surface area contributed by atoms with E-state index in [1.165, 1.54) is 44.1 Å². The van der Waals surface area contributed by atoms with E-state index in [0.29, 0.717) is 24.2 Å². The topological polar surface area (TPSA) is 40.5 Å². The zero-order valence-electron chi connectivity index (χ0n) is 11.1. The van der Waals surface area contributed by atoms with Crippen LogP contribution in [0.15, 0.2) is 23.5 Å². The van der Waals surface area contributed by atoms with E-state index in [1.54, 1.807) is 0 Å². The van der Waals surface area contributed by atoms with Gasteiger partial charge in [0.1, 0.15) is 5.76 Å². The molecule has 3 rings (SSSR count). The van der Waals surface area contributed by atoms with E-state index in [9.17, 15) is 10.2 Å². The van der Waals surface area contributed by atoms with Gasteiger partial charge in [0.15, 0.2) is 0 Å². The highest BCUT2D eigenvalue weighted by atomic mass is 16.3. The van der Waals surface area contributed by atoms with Gasteiger partial charge in [-0.25, -0.2) is 0 Å². The van der Waals surface area contributed by atoms with Crippen molar-refractivity contribution in [3.63, 3.8) is 0 Å². The summed E-state index contributed by atoms with van der Waals surface area (Å²) >= 11 is 0. The largest absolute Gasteiger partial charge is 0.508 e. The van der Waals surface area contributed by atoms with Gasteiger partial charge in [-0.15, -0.1) is 0 Å². The number of rotatable bonds is 2. The Labute approximate surface area is 109 Å². The van der Waals surface area contributed by atoms with Crippen molar-refractivity contribution < 1.29 is 10.2 Å². The van der Waals surface area contributed by atoms with Gasteiger partial charge in [0.05, 0.1) is 0 Å². The minimum Gasteiger partial charge on any atom is -0.508 e. The van der Waals surface area contributed by atoms with Crippen molar-refractivity contribution in [1.82, 2.24) is 0 Å². The van der Waals surface area contributed by atoms with Crippen molar-refractivity contribution in [3.05, 3.63) is 23.5 Å². The van der Waals surface area contributed by atoms with E-state index in [1.807, 2.05) is 12.2 Å². The van der Waals surface area contributed by atoms with Crippen LogP contribution in [-0.4, -0.2) is 16.8 Å². The molecule has 0 radical (unpaired) electrons. The van der Waals surface area contributed by atoms with Crippen molar-refractivity contribution in [1.29, 1.82) is 0 Å². The molecule has 2 bridgehead atoms. The summed E-state index contributed by atoms with van der Waals surface area (Å²) < 4.78 is 0. The highest BCUT2D eigenvalue weighted by molar-refractivity contribution is 5.30. The quantitative estimate of drug-likeness (QED) is 0.781. The van der Waals surface area contributed by atoms with E-state index in [0.717, 1.165) is 12.8 Å².